The van der Waals surface area contributed by atoms with Gasteiger partial charge in [0.1, 0.15) is 12.7 Å². The summed E-state index contributed by atoms with van der Waals surface area (Å²) in [6.07, 6.45) is -12.1. The highest BCUT2D eigenvalue weighted by atomic mass is 31.2. The Hall–Kier alpha value is -3.18. The molecule has 0 aliphatic carbocycles. The molecule has 6 atom stereocenters. The molecule has 0 aromatic carbocycles. The Morgan fingerprint density at radius 3 is 1.48 bits per heavy atom. The van der Waals surface area contributed by atoms with Gasteiger partial charge in [-0.2, -0.15) is 0 Å². The molecule has 3 unspecified atom stereocenters. The number of carbonyl (C=O) groups excluding carboxylic acids is 6. The molecule has 0 aromatic heterocycles. The number of carbonyl (C=O) groups is 6. The SMILES string of the molecule is CC(=O)OC[C@H](F)C1O[C@@H](OP(=O)(OCOC(=O)C(C)(C)C)OCOC(=O)C(C)(C)C)C(OC(C)=O)C(OC(C)=O)[C@@H]1OC(C)=O. The van der Waals surface area contributed by atoms with E-state index in [1.165, 1.54) is 41.5 Å². The summed E-state index contributed by atoms with van der Waals surface area (Å²) in [4.78, 5) is 72.0. The Morgan fingerprint density at radius 2 is 1.09 bits per heavy atom. The molecule has 0 saturated carbocycles. The fourth-order valence-electron chi connectivity index (χ4n) is 3.42. The normalized spacial score (nSPS) is 22.5. The van der Waals surface area contributed by atoms with Crippen LogP contribution in [0.25, 0.3) is 0 Å². The van der Waals surface area contributed by atoms with E-state index < -0.39 is 112 Å². The first kappa shape index (κ1) is 40.8. The van der Waals surface area contributed by atoms with Gasteiger partial charge in [-0.25, -0.2) is 18.0 Å². The molecule has 0 bridgehead atoms. The first-order chi connectivity index (χ1) is 21.0. The molecule has 1 heterocycles. The van der Waals surface area contributed by atoms with Crippen molar-refractivity contribution in [3.63, 3.8) is 0 Å². The second-order valence-electron chi connectivity index (χ2n) is 11.9. The van der Waals surface area contributed by atoms with Crippen LogP contribution in [0.3, 0.4) is 0 Å². The van der Waals surface area contributed by atoms with Crippen LogP contribution in [0, 0.1) is 10.8 Å². The van der Waals surface area contributed by atoms with Crippen LogP contribution in [-0.4, -0.2) is 92.9 Å². The third-order valence-electron chi connectivity index (χ3n) is 5.50. The average molecular weight is 689 g/mol. The van der Waals surface area contributed by atoms with Crippen LogP contribution in [0.4, 0.5) is 4.39 Å². The molecule has 1 saturated heterocycles. The van der Waals surface area contributed by atoms with Gasteiger partial charge in [0.15, 0.2) is 24.5 Å². The van der Waals surface area contributed by atoms with Crippen LogP contribution in [0.5, 0.6) is 0 Å². The third kappa shape index (κ3) is 13.7. The average Bonchev–Trinajstić information content (AvgIpc) is 2.88. The van der Waals surface area contributed by atoms with Crippen molar-refractivity contribution in [2.75, 3.05) is 20.2 Å². The van der Waals surface area contributed by atoms with Gasteiger partial charge in [0.2, 0.25) is 19.9 Å². The smallest absolute Gasteiger partial charge is 0.463 e. The molecule has 264 valence electrons. The van der Waals surface area contributed by atoms with Gasteiger partial charge < -0.3 is 33.2 Å². The van der Waals surface area contributed by atoms with Crippen molar-refractivity contribution in [2.45, 2.75) is 106 Å². The summed E-state index contributed by atoms with van der Waals surface area (Å²) in [5.41, 5.74) is -2.03. The minimum atomic E-state index is -5.11. The zero-order valence-electron chi connectivity index (χ0n) is 27.4. The van der Waals surface area contributed by atoms with Gasteiger partial charge in [-0.3, -0.25) is 33.3 Å². The van der Waals surface area contributed by atoms with Gasteiger partial charge in [-0.05, 0) is 41.5 Å². The molecule has 1 aliphatic rings. The minimum absolute atomic E-state index is 0.796. The fraction of sp³-hybridized carbons (Fsp3) is 0.778. The predicted molar refractivity (Wildman–Crippen MR) is 149 cm³/mol. The monoisotopic (exact) mass is 688 g/mol. The fourth-order valence-corrected chi connectivity index (χ4v) is 4.40. The number of rotatable bonds is 14. The Kier molecular flexibility index (Phi) is 15.2. The molecule has 0 aromatic rings. The van der Waals surface area contributed by atoms with Gasteiger partial charge in [0.05, 0.1) is 10.8 Å². The Balaban J connectivity index is 3.59. The zero-order valence-corrected chi connectivity index (χ0v) is 28.2. The topological polar surface area (TPSA) is 212 Å². The first-order valence-corrected chi connectivity index (χ1v) is 15.3. The number of halogens is 1. The largest absolute Gasteiger partial charge is 0.483 e. The van der Waals surface area contributed by atoms with Gasteiger partial charge in [-0.1, -0.05) is 0 Å². The first-order valence-electron chi connectivity index (χ1n) is 13.8. The lowest BCUT2D eigenvalue weighted by atomic mass is 9.95. The van der Waals surface area contributed by atoms with E-state index in [1.807, 2.05) is 0 Å². The highest BCUT2D eigenvalue weighted by Crippen LogP contribution is 2.52. The number of esters is 6. The lowest BCUT2D eigenvalue weighted by molar-refractivity contribution is -0.297. The predicted octanol–water partition coefficient (Wildman–Crippen LogP) is 2.66. The van der Waals surface area contributed by atoms with Crippen molar-refractivity contribution in [1.29, 1.82) is 0 Å². The van der Waals surface area contributed by atoms with Gasteiger partial charge in [0.25, 0.3) is 0 Å². The Morgan fingerprint density at radius 1 is 0.674 bits per heavy atom. The van der Waals surface area contributed by atoms with Crippen LogP contribution < -0.4 is 0 Å². The molecule has 0 spiro atoms. The van der Waals surface area contributed by atoms with Crippen molar-refractivity contribution in [1.82, 2.24) is 0 Å². The van der Waals surface area contributed by atoms with Crippen molar-refractivity contribution in [2.24, 2.45) is 10.8 Å². The summed E-state index contributed by atoms with van der Waals surface area (Å²) in [6.45, 7) is 9.87. The van der Waals surface area contributed by atoms with E-state index in [2.05, 4.69) is 0 Å². The molecular formula is C27H42FO17P. The number of alkyl halides is 1. The van der Waals surface area contributed by atoms with Crippen LogP contribution in [0.1, 0.15) is 69.2 Å². The van der Waals surface area contributed by atoms with Gasteiger partial charge >= 0.3 is 43.6 Å². The molecule has 46 heavy (non-hydrogen) atoms. The molecule has 1 fully saturated rings. The molecule has 19 heteroatoms. The van der Waals surface area contributed by atoms with Crippen molar-refractivity contribution < 1.29 is 84.5 Å². The lowest BCUT2D eigenvalue weighted by Crippen LogP contribution is -2.64. The quantitative estimate of drug-likeness (QED) is 0.111. The summed E-state index contributed by atoms with van der Waals surface area (Å²) in [6, 6.07) is 0. The van der Waals surface area contributed by atoms with Crippen LogP contribution >= 0.6 is 7.82 Å². The van der Waals surface area contributed by atoms with E-state index in [0.29, 0.717) is 0 Å². The van der Waals surface area contributed by atoms with Crippen molar-refractivity contribution >= 4 is 43.6 Å². The van der Waals surface area contributed by atoms with E-state index in [4.69, 9.17) is 46.7 Å². The van der Waals surface area contributed by atoms with Crippen LogP contribution in [0.15, 0.2) is 0 Å². The number of hydrogen-bond donors (Lipinski definition) is 0. The van der Waals surface area contributed by atoms with E-state index in [9.17, 15) is 33.3 Å². The maximum absolute atomic E-state index is 15.5. The molecule has 0 amide bonds. The second-order valence-corrected chi connectivity index (χ2v) is 13.5. The van der Waals surface area contributed by atoms with E-state index in [1.54, 1.807) is 0 Å². The Labute approximate surface area is 265 Å². The van der Waals surface area contributed by atoms with E-state index in [0.717, 1.165) is 27.7 Å². The Bertz CT molecular complexity index is 1120. The minimum Gasteiger partial charge on any atom is -0.463 e. The number of phosphoric acid groups is 1. The second kappa shape index (κ2) is 17.1. The molecule has 1 aliphatic heterocycles. The number of hydrogen-bond acceptors (Lipinski definition) is 17. The number of phosphoric ester groups is 1. The van der Waals surface area contributed by atoms with Gasteiger partial charge in [0, 0.05) is 27.7 Å². The summed E-state index contributed by atoms with van der Waals surface area (Å²) >= 11 is 0. The molecule has 1 rings (SSSR count). The molecule has 17 nitrogen and oxygen atoms in total. The maximum Gasteiger partial charge on any atom is 0.483 e. The highest BCUT2D eigenvalue weighted by Gasteiger charge is 2.57. The standard InChI is InChI=1S/C27H42FO17P/c1-14(29)36-11-18(28)19-20(41-15(2)30)21(42-16(3)31)22(43-17(4)32)23(44-19)45-46(35,39-12-37-24(33)26(5,6)7)40-13-38-25(34)27(8,9)10/h18-23H,11-13H2,1-10H3/t18-,19?,20+,21?,22?,23-/m0/s1. The third-order valence-corrected chi connectivity index (χ3v) is 6.81. The van der Waals surface area contributed by atoms with Crippen LogP contribution in [-0.2, 0) is 80.1 Å². The summed E-state index contributed by atoms with van der Waals surface area (Å²) < 4.78 is 80.8. The molecule has 0 N–H and O–H groups in total. The summed E-state index contributed by atoms with van der Waals surface area (Å²) in [5.74, 6) is -5.54. The highest BCUT2D eigenvalue weighted by molar-refractivity contribution is 7.48. The van der Waals surface area contributed by atoms with E-state index in [-0.39, 0.29) is 0 Å². The van der Waals surface area contributed by atoms with Crippen LogP contribution in [0.2, 0.25) is 0 Å². The molecule has 0 radical (unpaired) electrons. The molecular weight excluding hydrogens is 646 g/mol. The zero-order chi connectivity index (χ0) is 35.6. The summed E-state index contributed by atoms with van der Waals surface area (Å²) in [7, 11) is -5.11. The van der Waals surface area contributed by atoms with Gasteiger partial charge in [-0.15, -0.1) is 0 Å². The maximum atomic E-state index is 15.5. The van der Waals surface area contributed by atoms with Crippen molar-refractivity contribution in [3.8, 4) is 0 Å². The van der Waals surface area contributed by atoms with E-state index >= 15 is 4.39 Å². The number of ether oxygens (including phenoxy) is 7. The van der Waals surface area contributed by atoms with Crippen molar-refractivity contribution in [3.05, 3.63) is 0 Å². The lowest BCUT2D eigenvalue weighted by Gasteiger charge is -2.45. The summed E-state index contributed by atoms with van der Waals surface area (Å²) in [5, 5.41) is 0.